The average molecular weight is 452 g/mol. The van der Waals surface area contributed by atoms with Gasteiger partial charge in [-0.1, -0.05) is 52.3 Å². The van der Waals surface area contributed by atoms with Crippen LogP contribution in [-0.4, -0.2) is 34.3 Å². The molecule has 1 fully saturated rings. The highest BCUT2D eigenvalue weighted by Gasteiger charge is 2.16. The van der Waals surface area contributed by atoms with E-state index in [1.165, 1.54) is 6.42 Å². The fourth-order valence-electron chi connectivity index (χ4n) is 3.10. The van der Waals surface area contributed by atoms with Crippen LogP contribution in [0.1, 0.15) is 24.8 Å². The van der Waals surface area contributed by atoms with Gasteiger partial charge in [-0.2, -0.15) is 20.1 Å². The van der Waals surface area contributed by atoms with Gasteiger partial charge in [-0.05, 0) is 37.5 Å². The molecule has 148 valence electrons. The van der Waals surface area contributed by atoms with Gasteiger partial charge < -0.3 is 10.2 Å². The van der Waals surface area contributed by atoms with Crippen molar-refractivity contribution in [2.45, 2.75) is 19.3 Å². The third kappa shape index (κ3) is 5.29. The van der Waals surface area contributed by atoms with Crippen molar-refractivity contribution < 1.29 is 0 Å². The Morgan fingerprint density at radius 2 is 1.59 bits per heavy atom. The van der Waals surface area contributed by atoms with E-state index < -0.39 is 0 Å². The molecule has 2 aromatic carbocycles. The zero-order valence-corrected chi connectivity index (χ0v) is 17.5. The highest BCUT2D eigenvalue weighted by Crippen LogP contribution is 2.21. The Hall–Kier alpha value is -3.00. The van der Waals surface area contributed by atoms with E-state index in [0.717, 1.165) is 41.7 Å². The minimum Gasteiger partial charge on any atom is -0.341 e. The third-order valence-corrected chi connectivity index (χ3v) is 5.29. The second kappa shape index (κ2) is 9.47. The molecule has 4 rings (SSSR count). The van der Waals surface area contributed by atoms with Crippen LogP contribution in [0.25, 0.3) is 0 Å². The van der Waals surface area contributed by atoms with Crippen LogP contribution >= 0.6 is 15.9 Å². The number of piperidine rings is 1. The van der Waals surface area contributed by atoms with Gasteiger partial charge in [0, 0.05) is 28.8 Å². The summed E-state index contributed by atoms with van der Waals surface area (Å²) in [5.74, 6) is 1.56. The molecule has 1 saturated heterocycles. The first-order chi connectivity index (χ1) is 14.3. The fourth-order valence-corrected chi connectivity index (χ4v) is 3.48. The van der Waals surface area contributed by atoms with E-state index in [2.05, 4.69) is 51.6 Å². The topological polar surface area (TPSA) is 78.3 Å². The van der Waals surface area contributed by atoms with Crippen molar-refractivity contribution >= 4 is 45.7 Å². The predicted molar refractivity (Wildman–Crippen MR) is 121 cm³/mol. The molecule has 3 aromatic rings. The molecule has 0 atom stereocenters. The van der Waals surface area contributed by atoms with E-state index in [1.54, 1.807) is 6.21 Å². The minimum atomic E-state index is 0.405. The quantitative estimate of drug-likeness (QED) is 0.413. The molecular weight excluding hydrogens is 430 g/mol. The Morgan fingerprint density at radius 1 is 0.862 bits per heavy atom. The zero-order valence-electron chi connectivity index (χ0n) is 15.9. The molecule has 7 nitrogen and oxygen atoms in total. The first-order valence-electron chi connectivity index (χ1n) is 9.65. The third-order valence-electron chi connectivity index (χ3n) is 4.57. The van der Waals surface area contributed by atoms with E-state index in [0.29, 0.717) is 17.8 Å². The van der Waals surface area contributed by atoms with Crippen molar-refractivity contribution in [3.05, 3.63) is 64.6 Å². The number of benzene rings is 2. The molecule has 29 heavy (non-hydrogen) atoms. The van der Waals surface area contributed by atoms with Crippen LogP contribution < -0.4 is 15.6 Å². The molecule has 0 unspecified atom stereocenters. The van der Waals surface area contributed by atoms with E-state index in [1.807, 2.05) is 54.6 Å². The van der Waals surface area contributed by atoms with Gasteiger partial charge >= 0.3 is 0 Å². The maximum atomic E-state index is 4.63. The molecule has 0 radical (unpaired) electrons. The predicted octanol–water partition coefficient (Wildman–Crippen LogP) is 4.81. The Morgan fingerprint density at radius 3 is 2.38 bits per heavy atom. The minimum absolute atomic E-state index is 0.405. The lowest BCUT2D eigenvalue weighted by molar-refractivity contribution is 0.568. The summed E-state index contributed by atoms with van der Waals surface area (Å²) in [5, 5.41) is 7.56. The molecule has 2 N–H and O–H groups in total. The number of hydrogen-bond acceptors (Lipinski definition) is 7. The molecule has 8 heteroatoms. The van der Waals surface area contributed by atoms with Crippen LogP contribution in [0.5, 0.6) is 0 Å². The van der Waals surface area contributed by atoms with Crippen molar-refractivity contribution in [3.8, 4) is 0 Å². The van der Waals surface area contributed by atoms with Crippen LogP contribution in [0, 0.1) is 0 Å². The smallest absolute Gasteiger partial charge is 0.250 e. The van der Waals surface area contributed by atoms with Gasteiger partial charge in [0.05, 0.1) is 6.21 Å². The molecular formula is C21H22BrN7. The Bertz CT molecular complexity index is 972. The number of hydrazone groups is 1. The Labute approximate surface area is 178 Å². The van der Waals surface area contributed by atoms with E-state index in [9.17, 15) is 0 Å². The number of nitrogens with zero attached hydrogens (tertiary/aromatic N) is 5. The molecule has 2 heterocycles. The normalized spacial score (nSPS) is 14.2. The maximum absolute atomic E-state index is 4.63. The van der Waals surface area contributed by atoms with E-state index in [4.69, 9.17) is 0 Å². The highest BCUT2D eigenvalue weighted by atomic mass is 79.9. The van der Waals surface area contributed by atoms with Gasteiger partial charge in [-0.15, -0.1) is 0 Å². The average Bonchev–Trinajstić information content (AvgIpc) is 2.76. The van der Waals surface area contributed by atoms with Crippen LogP contribution in [0.2, 0.25) is 0 Å². The molecule has 0 saturated carbocycles. The molecule has 0 spiro atoms. The zero-order chi connectivity index (χ0) is 19.9. The largest absolute Gasteiger partial charge is 0.341 e. The number of para-hydroxylation sites is 1. The number of anilines is 4. The summed E-state index contributed by atoms with van der Waals surface area (Å²) >= 11 is 3.52. The first kappa shape index (κ1) is 19.3. The lowest BCUT2D eigenvalue weighted by Crippen LogP contribution is -2.31. The van der Waals surface area contributed by atoms with Gasteiger partial charge in [0.1, 0.15) is 0 Å². The highest BCUT2D eigenvalue weighted by molar-refractivity contribution is 9.10. The summed E-state index contributed by atoms with van der Waals surface area (Å²) in [6.45, 7) is 1.91. The Balaban J connectivity index is 1.57. The fraction of sp³-hybridized carbons (Fsp3) is 0.238. The molecule has 0 bridgehead atoms. The Kier molecular flexibility index (Phi) is 6.31. The molecule has 0 amide bonds. The number of rotatable bonds is 6. The summed E-state index contributed by atoms with van der Waals surface area (Å²) in [7, 11) is 0. The number of nitrogens with one attached hydrogen (secondary N) is 2. The summed E-state index contributed by atoms with van der Waals surface area (Å²) in [4.78, 5) is 15.9. The first-order valence-corrected chi connectivity index (χ1v) is 10.4. The maximum Gasteiger partial charge on any atom is 0.250 e. The lowest BCUT2D eigenvalue weighted by Gasteiger charge is -2.26. The second-order valence-corrected chi connectivity index (χ2v) is 7.57. The van der Waals surface area contributed by atoms with Gasteiger partial charge in [0.15, 0.2) is 0 Å². The summed E-state index contributed by atoms with van der Waals surface area (Å²) in [6.07, 6.45) is 5.28. The van der Waals surface area contributed by atoms with Crippen LogP contribution in [-0.2, 0) is 0 Å². The molecule has 1 aliphatic rings. The van der Waals surface area contributed by atoms with Crippen molar-refractivity contribution in [3.63, 3.8) is 0 Å². The van der Waals surface area contributed by atoms with Gasteiger partial charge in [-0.25, -0.2) is 5.43 Å². The van der Waals surface area contributed by atoms with Crippen LogP contribution in [0.15, 0.2) is 64.2 Å². The lowest BCUT2D eigenvalue weighted by atomic mass is 10.1. The molecule has 0 aliphatic carbocycles. The SMILES string of the molecule is Brc1ccccc1C=NNc1nc(Nc2ccccc2)nc(N2CCCCC2)n1. The van der Waals surface area contributed by atoms with Crippen molar-refractivity contribution in [1.29, 1.82) is 0 Å². The van der Waals surface area contributed by atoms with Crippen molar-refractivity contribution in [2.24, 2.45) is 5.10 Å². The standard InChI is InChI=1S/C21H22BrN7/c22-18-12-6-5-9-16(18)15-23-28-20-25-19(24-17-10-3-1-4-11-17)26-21(27-20)29-13-7-2-8-14-29/h1,3-6,9-12,15H,2,7-8,13-14H2,(H2,24,25,26,27,28). The van der Waals surface area contributed by atoms with Crippen molar-refractivity contribution in [2.75, 3.05) is 28.7 Å². The van der Waals surface area contributed by atoms with Gasteiger partial charge in [-0.3, -0.25) is 0 Å². The molecule has 1 aliphatic heterocycles. The summed E-state index contributed by atoms with van der Waals surface area (Å²) < 4.78 is 0.974. The number of aromatic nitrogens is 3. The molecule has 1 aromatic heterocycles. The summed E-state index contributed by atoms with van der Waals surface area (Å²) in [5.41, 5.74) is 4.83. The summed E-state index contributed by atoms with van der Waals surface area (Å²) in [6, 6.07) is 17.7. The number of halogens is 1. The second-order valence-electron chi connectivity index (χ2n) is 6.71. The van der Waals surface area contributed by atoms with E-state index in [-0.39, 0.29) is 0 Å². The van der Waals surface area contributed by atoms with Crippen molar-refractivity contribution in [1.82, 2.24) is 15.0 Å². The van der Waals surface area contributed by atoms with Crippen LogP contribution in [0.4, 0.5) is 23.5 Å². The van der Waals surface area contributed by atoms with Gasteiger partial charge in [0.2, 0.25) is 17.8 Å². The monoisotopic (exact) mass is 451 g/mol. The van der Waals surface area contributed by atoms with E-state index >= 15 is 0 Å². The van der Waals surface area contributed by atoms with Gasteiger partial charge in [0.25, 0.3) is 0 Å². The van der Waals surface area contributed by atoms with Crippen LogP contribution in [0.3, 0.4) is 0 Å². The number of hydrogen-bond donors (Lipinski definition) is 2.